The van der Waals surface area contributed by atoms with Crippen molar-refractivity contribution in [1.29, 1.82) is 5.26 Å². The van der Waals surface area contributed by atoms with Gasteiger partial charge in [-0.1, -0.05) is 11.6 Å². The maximum atomic E-state index is 9.98. The van der Waals surface area contributed by atoms with Gasteiger partial charge in [0.25, 0.3) is 0 Å². The summed E-state index contributed by atoms with van der Waals surface area (Å²) in [5.41, 5.74) is 0.921. The molecule has 0 saturated heterocycles. The van der Waals surface area contributed by atoms with Crippen molar-refractivity contribution in [2.75, 3.05) is 7.11 Å². The number of halogens is 1. The normalized spacial score (nSPS) is 16.6. The molecule has 0 aromatic heterocycles. The monoisotopic (exact) mass is 237 g/mol. The Morgan fingerprint density at radius 1 is 1.56 bits per heavy atom. The highest BCUT2D eigenvalue weighted by Crippen LogP contribution is 2.54. The summed E-state index contributed by atoms with van der Waals surface area (Å²) in [4.78, 5) is 0. The van der Waals surface area contributed by atoms with E-state index in [0.29, 0.717) is 11.3 Å². The number of rotatable bonds is 2. The van der Waals surface area contributed by atoms with Crippen molar-refractivity contribution in [1.82, 2.24) is 0 Å². The van der Waals surface area contributed by atoms with E-state index in [1.165, 1.54) is 7.11 Å². The quantitative estimate of drug-likeness (QED) is 0.861. The van der Waals surface area contributed by atoms with Crippen molar-refractivity contribution < 1.29 is 9.84 Å². The number of ether oxygens (including phenoxy) is 1. The van der Waals surface area contributed by atoms with Crippen LogP contribution in [0.5, 0.6) is 11.5 Å². The second kappa shape index (κ2) is 3.57. The van der Waals surface area contributed by atoms with E-state index >= 15 is 0 Å². The molecule has 0 radical (unpaired) electrons. The van der Waals surface area contributed by atoms with Gasteiger partial charge in [0.15, 0.2) is 0 Å². The molecule has 1 fully saturated rings. The smallest absolute Gasteiger partial charge is 0.144 e. The number of aryl methyl sites for hydroxylation is 1. The first-order valence-electron chi connectivity index (χ1n) is 5.03. The number of benzene rings is 1. The SMILES string of the molecule is COc1c(C)cc(C2(C#N)CC2)c(O)c1Cl. The molecule has 3 nitrogen and oxygen atoms in total. The largest absolute Gasteiger partial charge is 0.506 e. The van der Waals surface area contributed by atoms with Gasteiger partial charge in [0, 0.05) is 5.56 Å². The number of hydrogen-bond acceptors (Lipinski definition) is 3. The molecular formula is C12H12ClNO2. The van der Waals surface area contributed by atoms with Gasteiger partial charge in [-0.15, -0.1) is 0 Å². The Bertz CT molecular complexity index is 487. The average Bonchev–Trinajstić information content (AvgIpc) is 3.05. The molecule has 2 rings (SSSR count). The standard InChI is InChI=1S/C12H12ClNO2/c1-7-5-8(12(6-14)3-4-12)10(15)9(13)11(7)16-2/h5,15H,3-4H2,1-2H3. The molecule has 1 saturated carbocycles. The van der Waals surface area contributed by atoms with Crippen molar-refractivity contribution in [2.45, 2.75) is 25.2 Å². The first-order valence-corrected chi connectivity index (χ1v) is 5.41. The zero-order chi connectivity index (χ0) is 11.9. The van der Waals surface area contributed by atoms with Crippen LogP contribution in [0.4, 0.5) is 0 Å². The van der Waals surface area contributed by atoms with Crippen molar-refractivity contribution in [3.8, 4) is 17.6 Å². The van der Waals surface area contributed by atoms with Gasteiger partial charge in [-0.2, -0.15) is 5.26 Å². The van der Waals surface area contributed by atoms with Gasteiger partial charge in [0.05, 0.1) is 18.6 Å². The highest BCUT2D eigenvalue weighted by Gasteiger charge is 2.47. The number of phenols is 1. The van der Waals surface area contributed by atoms with Crippen molar-refractivity contribution in [2.24, 2.45) is 0 Å². The summed E-state index contributed by atoms with van der Waals surface area (Å²) in [6, 6.07) is 4.03. The Morgan fingerprint density at radius 2 is 2.19 bits per heavy atom. The summed E-state index contributed by atoms with van der Waals surface area (Å²) in [6.45, 7) is 1.85. The molecule has 0 spiro atoms. The number of nitrogens with zero attached hydrogens (tertiary/aromatic N) is 1. The minimum absolute atomic E-state index is 0.0248. The van der Waals surface area contributed by atoms with Gasteiger partial charge < -0.3 is 9.84 Å². The fourth-order valence-corrected chi connectivity index (χ4v) is 2.26. The fourth-order valence-electron chi connectivity index (χ4n) is 1.93. The van der Waals surface area contributed by atoms with Crippen LogP contribution in [0.2, 0.25) is 5.02 Å². The maximum absolute atomic E-state index is 9.98. The zero-order valence-corrected chi connectivity index (χ0v) is 9.93. The molecule has 0 bridgehead atoms. The summed E-state index contributed by atoms with van der Waals surface area (Å²) in [5, 5.41) is 19.3. The fraction of sp³-hybridized carbons (Fsp3) is 0.417. The van der Waals surface area contributed by atoms with Crippen LogP contribution in [0.25, 0.3) is 0 Å². The first-order chi connectivity index (χ1) is 7.55. The third-order valence-corrected chi connectivity index (χ3v) is 3.42. The Morgan fingerprint density at radius 3 is 2.62 bits per heavy atom. The third kappa shape index (κ3) is 1.42. The van der Waals surface area contributed by atoms with E-state index < -0.39 is 5.41 Å². The van der Waals surface area contributed by atoms with Crippen LogP contribution >= 0.6 is 11.6 Å². The summed E-state index contributed by atoms with van der Waals surface area (Å²) in [6.07, 6.45) is 1.55. The molecule has 0 amide bonds. The van der Waals surface area contributed by atoms with Gasteiger partial charge in [-0.05, 0) is 31.4 Å². The molecule has 1 aliphatic carbocycles. The van der Waals surface area contributed by atoms with Crippen molar-refractivity contribution >= 4 is 11.6 Å². The zero-order valence-electron chi connectivity index (χ0n) is 9.17. The number of hydrogen-bond donors (Lipinski definition) is 1. The molecule has 84 valence electrons. The Hall–Kier alpha value is -1.40. The minimum atomic E-state index is -0.537. The third-order valence-electron chi connectivity index (χ3n) is 3.07. The summed E-state index contributed by atoms with van der Waals surface area (Å²) in [5.74, 6) is 0.444. The van der Waals surface area contributed by atoms with Gasteiger partial charge in [-0.25, -0.2) is 0 Å². The second-order valence-corrected chi connectivity index (χ2v) is 4.51. The molecule has 1 aromatic carbocycles. The topological polar surface area (TPSA) is 53.2 Å². The predicted octanol–water partition coefficient (Wildman–Crippen LogP) is 2.92. The van der Waals surface area contributed by atoms with Crippen LogP contribution < -0.4 is 4.74 Å². The molecule has 1 N–H and O–H groups in total. The van der Waals surface area contributed by atoms with Crippen LogP contribution in [0.15, 0.2) is 6.07 Å². The van der Waals surface area contributed by atoms with Gasteiger partial charge in [0.1, 0.15) is 16.5 Å². The lowest BCUT2D eigenvalue weighted by atomic mass is 9.94. The molecule has 1 aliphatic rings. The molecule has 4 heteroatoms. The molecule has 16 heavy (non-hydrogen) atoms. The molecule has 0 heterocycles. The van der Waals surface area contributed by atoms with Gasteiger partial charge in [0.2, 0.25) is 0 Å². The van der Waals surface area contributed by atoms with E-state index in [4.69, 9.17) is 21.6 Å². The van der Waals surface area contributed by atoms with E-state index in [-0.39, 0.29) is 10.8 Å². The molecular weight excluding hydrogens is 226 g/mol. The molecule has 0 unspecified atom stereocenters. The van der Waals surface area contributed by atoms with Crippen LogP contribution in [-0.2, 0) is 5.41 Å². The van der Waals surface area contributed by atoms with E-state index in [2.05, 4.69) is 6.07 Å². The van der Waals surface area contributed by atoms with E-state index in [0.717, 1.165) is 18.4 Å². The number of nitriles is 1. The van der Waals surface area contributed by atoms with Gasteiger partial charge >= 0.3 is 0 Å². The van der Waals surface area contributed by atoms with Crippen molar-refractivity contribution in [3.63, 3.8) is 0 Å². The number of aromatic hydroxyl groups is 1. The average molecular weight is 238 g/mol. The van der Waals surface area contributed by atoms with Crippen LogP contribution in [0.3, 0.4) is 0 Å². The summed E-state index contributed by atoms with van der Waals surface area (Å²) in [7, 11) is 1.50. The first kappa shape index (κ1) is 11.1. The van der Waals surface area contributed by atoms with E-state index in [1.54, 1.807) is 6.07 Å². The van der Waals surface area contributed by atoms with Crippen molar-refractivity contribution in [3.05, 3.63) is 22.2 Å². The van der Waals surface area contributed by atoms with Crippen LogP contribution in [0, 0.1) is 18.3 Å². The molecule has 0 aliphatic heterocycles. The number of phenolic OH excluding ortho intramolecular Hbond substituents is 1. The van der Waals surface area contributed by atoms with Crippen LogP contribution in [-0.4, -0.2) is 12.2 Å². The van der Waals surface area contributed by atoms with E-state index in [9.17, 15) is 5.11 Å². The Labute approximate surface area is 99.2 Å². The van der Waals surface area contributed by atoms with E-state index in [1.807, 2.05) is 6.92 Å². The Balaban J connectivity index is 2.62. The number of methoxy groups -OCH3 is 1. The minimum Gasteiger partial charge on any atom is -0.506 e. The lowest BCUT2D eigenvalue weighted by Gasteiger charge is -2.15. The lowest BCUT2D eigenvalue weighted by molar-refractivity contribution is 0.403. The summed E-state index contributed by atoms with van der Waals surface area (Å²) >= 11 is 6.01. The lowest BCUT2D eigenvalue weighted by Crippen LogP contribution is -2.04. The summed E-state index contributed by atoms with van der Waals surface area (Å²) < 4.78 is 5.10. The highest BCUT2D eigenvalue weighted by atomic mass is 35.5. The van der Waals surface area contributed by atoms with Gasteiger partial charge in [-0.3, -0.25) is 0 Å². The highest BCUT2D eigenvalue weighted by molar-refractivity contribution is 6.33. The maximum Gasteiger partial charge on any atom is 0.144 e. The van der Waals surface area contributed by atoms with Crippen LogP contribution in [0.1, 0.15) is 24.0 Å². The second-order valence-electron chi connectivity index (χ2n) is 4.13. The molecule has 0 atom stereocenters. The molecule has 1 aromatic rings. The predicted molar refractivity (Wildman–Crippen MR) is 60.9 cm³/mol. The Kier molecular flexibility index (Phi) is 2.47.